The monoisotopic (exact) mass is 317 g/mol. The fourth-order valence-corrected chi connectivity index (χ4v) is 2.86. The zero-order valence-electron chi connectivity index (χ0n) is 12.3. The first-order valence-electron chi connectivity index (χ1n) is 7.34. The van der Waals surface area contributed by atoms with E-state index in [-0.39, 0.29) is 31.6 Å². The van der Waals surface area contributed by atoms with Gasteiger partial charge in [-0.3, -0.25) is 4.79 Å². The third-order valence-corrected chi connectivity index (χ3v) is 4.22. The van der Waals surface area contributed by atoms with Crippen molar-refractivity contribution < 1.29 is 23.8 Å². The molecule has 3 rings (SSSR count). The molecule has 0 spiro atoms. The Morgan fingerprint density at radius 2 is 1.74 bits per heavy atom. The fraction of sp³-hybridized carbons (Fsp3) is 0.294. The number of rotatable bonds is 3. The zero-order valence-corrected chi connectivity index (χ0v) is 12.3. The number of hydrogen-bond donors (Lipinski definition) is 2. The summed E-state index contributed by atoms with van der Waals surface area (Å²) in [6.45, 7) is 0.549. The number of amides is 1. The van der Waals surface area contributed by atoms with Crippen molar-refractivity contribution in [1.82, 2.24) is 5.32 Å². The molecule has 0 bridgehead atoms. The van der Waals surface area contributed by atoms with Crippen LogP contribution in [-0.4, -0.2) is 35.7 Å². The molecule has 1 amide bonds. The average molecular weight is 317 g/mol. The Balaban J connectivity index is 1.97. The molecule has 0 aliphatic carbocycles. The van der Waals surface area contributed by atoms with Crippen LogP contribution in [-0.2, 0) is 9.53 Å². The second kappa shape index (κ2) is 5.96. The molecule has 120 valence electrons. The molecule has 23 heavy (non-hydrogen) atoms. The highest BCUT2D eigenvalue weighted by Crippen LogP contribution is 2.25. The van der Waals surface area contributed by atoms with Crippen LogP contribution in [0.1, 0.15) is 23.2 Å². The highest BCUT2D eigenvalue weighted by Gasteiger charge is 2.41. The summed E-state index contributed by atoms with van der Waals surface area (Å²) < 4.78 is 19.0. The number of ether oxygens (including phenoxy) is 1. The molecule has 1 aliphatic heterocycles. The molecule has 1 fully saturated rings. The third-order valence-electron chi connectivity index (χ3n) is 4.22. The summed E-state index contributed by atoms with van der Waals surface area (Å²) in [6.07, 6.45) is 0.403. The lowest BCUT2D eigenvalue weighted by atomic mass is 9.89. The molecule has 5 nitrogen and oxygen atoms in total. The van der Waals surface area contributed by atoms with E-state index in [4.69, 9.17) is 4.74 Å². The van der Waals surface area contributed by atoms with Crippen LogP contribution in [0.3, 0.4) is 0 Å². The average Bonchev–Trinajstić information content (AvgIpc) is 2.56. The van der Waals surface area contributed by atoms with Crippen molar-refractivity contribution in [2.45, 2.75) is 18.4 Å². The van der Waals surface area contributed by atoms with Crippen molar-refractivity contribution in [2.75, 3.05) is 13.2 Å². The predicted octanol–water partition coefficient (Wildman–Crippen LogP) is 2.34. The minimum Gasteiger partial charge on any atom is -0.480 e. The second-order valence-corrected chi connectivity index (χ2v) is 5.59. The number of carboxylic acid groups (broad SMARTS) is 1. The minimum absolute atomic E-state index is 0.202. The smallest absolute Gasteiger partial charge is 0.329 e. The van der Waals surface area contributed by atoms with Crippen LogP contribution < -0.4 is 5.32 Å². The summed E-state index contributed by atoms with van der Waals surface area (Å²) in [5.41, 5.74) is -1.08. The van der Waals surface area contributed by atoms with Crippen molar-refractivity contribution >= 4 is 22.6 Å². The molecule has 2 aromatic carbocycles. The van der Waals surface area contributed by atoms with Crippen LogP contribution in [0.25, 0.3) is 10.8 Å². The van der Waals surface area contributed by atoms with E-state index in [0.29, 0.717) is 10.8 Å². The lowest BCUT2D eigenvalue weighted by Crippen LogP contribution is -2.57. The Hall–Kier alpha value is -2.47. The van der Waals surface area contributed by atoms with Crippen molar-refractivity contribution in [3.05, 3.63) is 47.8 Å². The molecule has 6 heteroatoms. The second-order valence-electron chi connectivity index (χ2n) is 5.59. The molecule has 0 unspecified atom stereocenters. The van der Waals surface area contributed by atoms with Gasteiger partial charge in [-0.05, 0) is 17.5 Å². The number of carbonyl (C=O) groups is 2. The van der Waals surface area contributed by atoms with Gasteiger partial charge in [0.2, 0.25) is 0 Å². The maximum Gasteiger partial charge on any atom is 0.329 e. The van der Waals surface area contributed by atoms with Gasteiger partial charge in [0, 0.05) is 37.0 Å². The van der Waals surface area contributed by atoms with E-state index in [1.165, 1.54) is 12.1 Å². The molecule has 2 aromatic rings. The van der Waals surface area contributed by atoms with Gasteiger partial charge < -0.3 is 15.2 Å². The van der Waals surface area contributed by atoms with Crippen LogP contribution in [0, 0.1) is 5.82 Å². The molecule has 0 radical (unpaired) electrons. The Kier molecular flexibility index (Phi) is 4.00. The Bertz CT molecular complexity index is 768. The highest BCUT2D eigenvalue weighted by molar-refractivity contribution is 6.08. The van der Waals surface area contributed by atoms with Gasteiger partial charge in [0.15, 0.2) is 0 Å². The number of carbonyl (C=O) groups excluding carboxylic acids is 1. The SMILES string of the molecule is O=C(NC1(C(=O)O)CCOCC1)c1ccc(F)c2ccccc12. The molecular formula is C17H16FNO4. The van der Waals surface area contributed by atoms with Gasteiger partial charge in [0.1, 0.15) is 11.4 Å². The first-order valence-corrected chi connectivity index (χ1v) is 7.34. The van der Waals surface area contributed by atoms with Crippen molar-refractivity contribution in [3.63, 3.8) is 0 Å². The number of benzene rings is 2. The Morgan fingerprint density at radius 3 is 2.39 bits per heavy atom. The normalized spacial score (nSPS) is 16.9. The minimum atomic E-state index is -1.34. The fourth-order valence-electron chi connectivity index (χ4n) is 2.86. The lowest BCUT2D eigenvalue weighted by molar-refractivity contribution is -0.148. The molecular weight excluding hydrogens is 301 g/mol. The molecule has 0 saturated carbocycles. The quantitative estimate of drug-likeness (QED) is 0.911. The van der Waals surface area contributed by atoms with Crippen molar-refractivity contribution in [2.24, 2.45) is 0 Å². The number of fused-ring (bicyclic) bond motifs is 1. The summed E-state index contributed by atoms with van der Waals surface area (Å²) in [5, 5.41) is 12.9. The van der Waals surface area contributed by atoms with Gasteiger partial charge >= 0.3 is 5.97 Å². The van der Waals surface area contributed by atoms with E-state index in [1.54, 1.807) is 24.3 Å². The van der Waals surface area contributed by atoms with E-state index in [0.717, 1.165) is 0 Å². The maximum atomic E-state index is 13.8. The van der Waals surface area contributed by atoms with Gasteiger partial charge in [0.05, 0.1) is 0 Å². The largest absolute Gasteiger partial charge is 0.480 e. The van der Waals surface area contributed by atoms with E-state index in [1.807, 2.05) is 0 Å². The van der Waals surface area contributed by atoms with Gasteiger partial charge in [-0.25, -0.2) is 9.18 Å². The number of hydrogen-bond acceptors (Lipinski definition) is 3. The zero-order chi connectivity index (χ0) is 16.4. The molecule has 2 N–H and O–H groups in total. The van der Waals surface area contributed by atoms with Gasteiger partial charge in [-0.15, -0.1) is 0 Å². The van der Waals surface area contributed by atoms with E-state index < -0.39 is 23.2 Å². The summed E-state index contributed by atoms with van der Waals surface area (Å²) >= 11 is 0. The van der Waals surface area contributed by atoms with Crippen LogP contribution in [0.2, 0.25) is 0 Å². The van der Waals surface area contributed by atoms with Crippen LogP contribution in [0.15, 0.2) is 36.4 Å². The molecule has 1 saturated heterocycles. The predicted molar refractivity (Wildman–Crippen MR) is 81.8 cm³/mol. The molecule has 0 aromatic heterocycles. The standard InChI is InChI=1S/C17H16FNO4/c18-14-6-5-13(11-3-1-2-4-12(11)14)15(20)19-17(16(21)22)7-9-23-10-8-17/h1-6H,7-10H2,(H,19,20)(H,21,22). The number of nitrogens with one attached hydrogen (secondary N) is 1. The van der Waals surface area contributed by atoms with Crippen molar-refractivity contribution in [1.29, 1.82) is 0 Å². The highest BCUT2D eigenvalue weighted by atomic mass is 19.1. The molecule has 0 atom stereocenters. The molecule has 1 heterocycles. The van der Waals surface area contributed by atoms with Crippen LogP contribution in [0.5, 0.6) is 0 Å². The summed E-state index contributed by atoms with van der Waals surface area (Å²) in [6, 6.07) is 9.22. The number of halogens is 1. The summed E-state index contributed by atoms with van der Waals surface area (Å²) in [7, 11) is 0. The topological polar surface area (TPSA) is 75.6 Å². The van der Waals surface area contributed by atoms with Gasteiger partial charge in [0.25, 0.3) is 5.91 Å². The Morgan fingerprint density at radius 1 is 1.09 bits per heavy atom. The van der Waals surface area contributed by atoms with Crippen LogP contribution in [0.4, 0.5) is 4.39 Å². The lowest BCUT2D eigenvalue weighted by Gasteiger charge is -2.34. The third kappa shape index (κ3) is 2.77. The summed E-state index contributed by atoms with van der Waals surface area (Å²) in [5.74, 6) is -2.03. The number of carboxylic acids is 1. The Labute approximate surface area is 132 Å². The summed E-state index contributed by atoms with van der Waals surface area (Å²) in [4.78, 5) is 24.2. The van der Waals surface area contributed by atoms with Crippen LogP contribution >= 0.6 is 0 Å². The first kappa shape index (κ1) is 15.4. The van der Waals surface area contributed by atoms with E-state index >= 15 is 0 Å². The van der Waals surface area contributed by atoms with E-state index in [2.05, 4.69) is 5.32 Å². The molecule has 1 aliphatic rings. The first-order chi connectivity index (χ1) is 11.0. The number of aliphatic carboxylic acids is 1. The van der Waals surface area contributed by atoms with Gasteiger partial charge in [-0.2, -0.15) is 0 Å². The van der Waals surface area contributed by atoms with E-state index in [9.17, 15) is 19.1 Å². The van der Waals surface area contributed by atoms with Gasteiger partial charge in [-0.1, -0.05) is 24.3 Å². The maximum absolute atomic E-state index is 13.8. The van der Waals surface area contributed by atoms with Crippen molar-refractivity contribution in [3.8, 4) is 0 Å².